The molecule has 2 atom stereocenters. The van der Waals surface area contributed by atoms with Gasteiger partial charge in [-0.15, -0.1) is 0 Å². The van der Waals surface area contributed by atoms with Crippen molar-refractivity contribution in [3.63, 3.8) is 0 Å². The second-order valence-corrected chi connectivity index (χ2v) is 5.45. The second kappa shape index (κ2) is 4.52. The van der Waals surface area contributed by atoms with E-state index < -0.39 is 0 Å². The van der Waals surface area contributed by atoms with Crippen LogP contribution in [0.3, 0.4) is 0 Å². The predicted octanol–water partition coefficient (Wildman–Crippen LogP) is 2.85. The van der Waals surface area contributed by atoms with Crippen molar-refractivity contribution in [1.29, 1.82) is 0 Å². The third kappa shape index (κ3) is 2.15. The molecule has 0 saturated carbocycles. The maximum absolute atomic E-state index is 3.45. The van der Waals surface area contributed by atoms with Gasteiger partial charge in [0.05, 0.1) is 0 Å². The first kappa shape index (κ1) is 11.4. The van der Waals surface area contributed by atoms with Gasteiger partial charge < -0.3 is 10.6 Å². The molecule has 0 amide bonds. The maximum atomic E-state index is 3.45. The standard InChI is InChI=1S/C16H20N2/c1-11-7-15(17-9-11)13-3-5-14(6-4-13)16-8-12(2)10-18-16/h3-8,11-12,17-18H,9-10H2,1-2H3. The van der Waals surface area contributed by atoms with E-state index in [-0.39, 0.29) is 0 Å². The number of hydrogen-bond acceptors (Lipinski definition) is 2. The second-order valence-electron chi connectivity index (χ2n) is 5.45. The molecule has 2 nitrogen and oxygen atoms in total. The Hall–Kier alpha value is -1.70. The molecule has 2 aliphatic rings. The van der Waals surface area contributed by atoms with E-state index >= 15 is 0 Å². The van der Waals surface area contributed by atoms with Crippen molar-refractivity contribution >= 4 is 11.4 Å². The molecular formula is C16H20N2. The van der Waals surface area contributed by atoms with Gasteiger partial charge in [0.2, 0.25) is 0 Å². The maximum Gasteiger partial charge on any atom is 0.0376 e. The van der Waals surface area contributed by atoms with Crippen LogP contribution in [0.15, 0.2) is 36.4 Å². The van der Waals surface area contributed by atoms with Gasteiger partial charge in [-0.05, 0) is 23.0 Å². The molecule has 2 unspecified atom stereocenters. The zero-order valence-electron chi connectivity index (χ0n) is 11.0. The fraction of sp³-hybridized carbons (Fsp3) is 0.375. The summed E-state index contributed by atoms with van der Waals surface area (Å²) in [5, 5.41) is 6.90. The van der Waals surface area contributed by atoms with Crippen LogP contribution in [-0.4, -0.2) is 13.1 Å². The lowest BCUT2D eigenvalue weighted by atomic mass is 10.1. The normalized spacial score (nSPS) is 26.3. The van der Waals surface area contributed by atoms with E-state index in [2.05, 4.69) is 60.9 Å². The van der Waals surface area contributed by atoms with Crippen LogP contribution in [0.25, 0.3) is 11.4 Å². The molecule has 94 valence electrons. The average Bonchev–Trinajstić information content (AvgIpc) is 2.98. The van der Waals surface area contributed by atoms with Crippen molar-refractivity contribution in [3.8, 4) is 0 Å². The minimum absolute atomic E-state index is 0.639. The molecule has 0 aliphatic carbocycles. The number of benzene rings is 1. The van der Waals surface area contributed by atoms with Gasteiger partial charge in [-0.2, -0.15) is 0 Å². The fourth-order valence-electron chi connectivity index (χ4n) is 2.57. The van der Waals surface area contributed by atoms with Crippen LogP contribution < -0.4 is 10.6 Å². The fourth-order valence-corrected chi connectivity index (χ4v) is 2.57. The van der Waals surface area contributed by atoms with Crippen molar-refractivity contribution < 1.29 is 0 Å². The topological polar surface area (TPSA) is 24.1 Å². The van der Waals surface area contributed by atoms with Gasteiger partial charge in [0.25, 0.3) is 0 Å². The predicted molar refractivity (Wildman–Crippen MR) is 76.7 cm³/mol. The van der Waals surface area contributed by atoms with E-state index in [9.17, 15) is 0 Å². The van der Waals surface area contributed by atoms with Crippen LogP contribution in [0.4, 0.5) is 0 Å². The first-order valence-electron chi connectivity index (χ1n) is 6.74. The lowest BCUT2D eigenvalue weighted by molar-refractivity contribution is 0.727. The smallest absolute Gasteiger partial charge is 0.0376 e. The molecule has 0 bridgehead atoms. The Morgan fingerprint density at radius 1 is 0.778 bits per heavy atom. The largest absolute Gasteiger partial charge is 0.384 e. The highest BCUT2D eigenvalue weighted by Gasteiger charge is 2.14. The van der Waals surface area contributed by atoms with Crippen LogP contribution in [0.2, 0.25) is 0 Å². The minimum atomic E-state index is 0.639. The van der Waals surface area contributed by atoms with Crippen molar-refractivity contribution in [2.24, 2.45) is 11.8 Å². The summed E-state index contributed by atoms with van der Waals surface area (Å²) in [6, 6.07) is 8.82. The Morgan fingerprint density at radius 3 is 1.44 bits per heavy atom. The molecule has 2 N–H and O–H groups in total. The molecule has 0 saturated heterocycles. The Bertz CT molecular complexity index is 449. The first-order chi connectivity index (χ1) is 8.72. The van der Waals surface area contributed by atoms with E-state index in [4.69, 9.17) is 0 Å². The summed E-state index contributed by atoms with van der Waals surface area (Å²) in [5.41, 5.74) is 5.12. The Balaban J connectivity index is 1.81. The zero-order valence-corrected chi connectivity index (χ0v) is 11.0. The van der Waals surface area contributed by atoms with Gasteiger partial charge in [0.1, 0.15) is 0 Å². The average molecular weight is 240 g/mol. The Labute approximate surface area is 109 Å². The third-order valence-electron chi connectivity index (χ3n) is 3.64. The molecular weight excluding hydrogens is 220 g/mol. The minimum Gasteiger partial charge on any atom is -0.384 e. The van der Waals surface area contributed by atoms with Crippen LogP contribution in [-0.2, 0) is 0 Å². The highest BCUT2D eigenvalue weighted by atomic mass is 14.9. The van der Waals surface area contributed by atoms with E-state index in [0.717, 1.165) is 13.1 Å². The van der Waals surface area contributed by atoms with Gasteiger partial charge >= 0.3 is 0 Å². The van der Waals surface area contributed by atoms with Crippen LogP contribution in [0.1, 0.15) is 25.0 Å². The molecule has 2 aliphatic heterocycles. The molecule has 2 heterocycles. The van der Waals surface area contributed by atoms with Gasteiger partial charge in [-0.3, -0.25) is 0 Å². The molecule has 0 radical (unpaired) electrons. The number of nitrogens with one attached hydrogen (secondary N) is 2. The monoisotopic (exact) mass is 240 g/mol. The summed E-state index contributed by atoms with van der Waals surface area (Å²) in [6.45, 7) is 6.59. The molecule has 18 heavy (non-hydrogen) atoms. The summed E-state index contributed by atoms with van der Waals surface area (Å²) < 4.78 is 0. The van der Waals surface area contributed by atoms with Crippen molar-refractivity contribution in [1.82, 2.24) is 10.6 Å². The summed E-state index contributed by atoms with van der Waals surface area (Å²) in [5.74, 6) is 1.28. The number of rotatable bonds is 2. The summed E-state index contributed by atoms with van der Waals surface area (Å²) in [6.07, 6.45) is 4.62. The SMILES string of the molecule is CC1C=C(c2ccc(C3=CC(C)CN3)cc2)NC1. The molecule has 0 fully saturated rings. The van der Waals surface area contributed by atoms with Gasteiger partial charge in [0.15, 0.2) is 0 Å². The quantitative estimate of drug-likeness (QED) is 0.830. The summed E-state index contributed by atoms with van der Waals surface area (Å²) in [7, 11) is 0. The number of hydrogen-bond donors (Lipinski definition) is 2. The van der Waals surface area contributed by atoms with Gasteiger partial charge in [-0.1, -0.05) is 50.3 Å². The van der Waals surface area contributed by atoms with Crippen LogP contribution in [0.5, 0.6) is 0 Å². The first-order valence-corrected chi connectivity index (χ1v) is 6.74. The lowest BCUT2D eigenvalue weighted by Crippen LogP contribution is -2.10. The zero-order chi connectivity index (χ0) is 12.5. The van der Waals surface area contributed by atoms with Crippen LogP contribution >= 0.6 is 0 Å². The third-order valence-corrected chi connectivity index (χ3v) is 3.64. The lowest BCUT2D eigenvalue weighted by Gasteiger charge is -2.07. The summed E-state index contributed by atoms with van der Waals surface area (Å²) >= 11 is 0. The van der Waals surface area contributed by atoms with Gasteiger partial charge in [0, 0.05) is 24.5 Å². The van der Waals surface area contributed by atoms with Gasteiger partial charge in [-0.25, -0.2) is 0 Å². The molecule has 3 rings (SSSR count). The molecule has 0 spiro atoms. The highest BCUT2D eigenvalue weighted by molar-refractivity contribution is 5.71. The molecule has 1 aromatic carbocycles. The highest BCUT2D eigenvalue weighted by Crippen LogP contribution is 2.23. The molecule has 1 aromatic rings. The van der Waals surface area contributed by atoms with Crippen molar-refractivity contribution in [3.05, 3.63) is 47.5 Å². The van der Waals surface area contributed by atoms with Crippen molar-refractivity contribution in [2.75, 3.05) is 13.1 Å². The van der Waals surface area contributed by atoms with E-state index in [1.165, 1.54) is 22.5 Å². The van der Waals surface area contributed by atoms with Crippen LogP contribution in [0, 0.1) is 11.8 Å². The summed E-state index contributed by atoms with van der Waals surface area (Å²) in [4.78, 5) is 0. The van der Waals surface area contributed by atoms with E-state index in [0.29, 0.717) is 11.8 Å². The van der Waals surface area contributed by atoms with E-state index in [1.807, 2.05) is 0 Å². The Morgan fingerprint density at radius 2 is 1.17 bits per heavy atom. The Kier molecular flexibility index (Phi) is 2.86. The molecule has 2 heteroatoms. The van der Waals surface area contributed by atoms with Crippen molar-refractivity contribution in [2.45, 2.75) is 13.8 Å². The molecule has 0 aromatic heterocycles. The van der Waals surface area contributed by atoms with E-state index in [1.54, 1.807) is 0 Å².